The first kappa shape index (κ1) is 12.3. The minimum absolute atomic E-state index is 0.0297. The van der Waals surface area contributed by atoms with E-state index in [9.17, 15) is 13.2 Å². The molecule has 0 saturated heterocycles. The molecule has 0 aliphatic rings. The molecular weight excluding hydrogens is 254 g/mol. The van der Waals surface area contributed by atoms with Gasteiger partial charge >= 0.3 is 0 Å². The normalized spacial score (nSPS) is 11.6. The van der Waals surface area contributed by atoms with Crippen LogP contribution in [0.3, 0.4) is 0 Å². The fourth-order valence-corrected chi connectivity index (χ4v) is 2.25. The van der Waals surface area contributed by atoms with Crippen LogP contribution in [-0.2, 0) is 9.84 Å². The van der Waals surface area contributed by atoms with E-state index < -0.39 is 15.7 Å². The predicted octanol–water partition coefficient (Wildman–Crippen LogP) is 0.319. The standard InChI is InChI=1S/C11H11N3O3S/c1-18(16,17)7-2-3-9-6(4-7)5-8(11(13)15)10(12)14-9/h2-5H,1H3,(H2,12,14)(H2,13,15). The van der Waals surface area contributed by atoms with Crippen LogP contribution in [0.2, 0.25) is 0 Å². The number of hydrogen-bond donors (Lipinski definition) is 2. The Balaban J connectivity index is 2.77. The van der Waals surface area contributed by atoms with Gasteiger partial charge in [0.25, 0.3) is 5.91 Å². The van der Waals surface area contributed by atoms with Crippen LogP contribution in [0.4, 0.5) is 5.82 Å². The van der Waals surface area contributed by atoms with Crippen molar-refractivity contribution in [2.45, 2.75) is 4.90 Å². The lowest BCUT2D eigenvalue weighted by Gasteiger charge is -2.05. The number of nitrogens with two attached hydrogens (primary N) is 2. The summed E-state index contributed by atoms with van der Waals surface area (Å²) in [5.41, 5.74) is 11.3. The van der Waals surface area contributed by atoms with E-state index in [0.717, 1.165) is 6.26 Å². The molecule has 0 aliphatic carbocycles. The number of sulfone groups is 1. The van der Waals surface area contributed by atoms with Gasteiger partial charge in [-0.2, -0.15) is 0 Å². The molecule has 1 amide bonds. The van der Waals surface area contributed by atoms with Crippen molar-refractivity contribution in [2.75, 3.05) is 12.0 Å². The smallest absolute Gasteiger partial charge is 0.252 e. The summed E-state index contributed by atoms with van der Waals surface area (Å²) < 4.78 is 22.9. The maximum Gasteiger partial charge on any atom is 0.252 e. The number of nitrogen functional groups attached to an aromatic ring is 1. The highest BCUT2D eigenvalue weighted by molar-refractivity contribution is 7.90. The first-order valence-corrected chi connectivity index (χ1v) is 6.88. The first-order valence-electron chi connectivity index (χ1n) is 4.99. The quantitative estimate of drug-likeness (QED) is 0.811. The van der Waals surface area contributed by atoms with Crippen LogP contribution in [0.15, 0.2) is 29.2 Å². The molecule has 0 unspecified atom stereocenters. The highest BCUT2D eigenvalue weighted by Gasteiger charge is 2.12. The molecule has 1 heterocycles. The highest BCUT2D eigenvalue weighted by atomic mass is 32.2. The van der Waals surface area contributed by atoms with Crippen molar-refractivity contribution in [3.8, 4) is 0 Å². The second kappa shape index (κ2) is 3.95. The third-order valence-corrected chi connectivity index (χ3v) is 3.62. The average Bonchev–Trinajstić information content (AvgIpc) is 2.25. The third kappa shape index (κ3) is 2.12. The van der Waals surface area contributed by atoms with Gasteiger partial charge in [-0.25, -0.2) is 13.4 Å². The van der Waals surface area contributed by atoms with Gasteiger partial charge in [-0.3, -0.25) is 4.79 Å². The van der Waals surface area contributed by atoms with Crippen molar-refractivity contribution in [1.29, 1.82) is 0 Å². The Bertz CT molecular complexity index is 753. The molecule has 4 N–H and O–H groups in total. The maximum atomic E-state index is 11.4. The largest absolute Gasteiger partial charge is 0.383 e. The lowest BCUT2D eigenvalue weighted by Crippen LogP contribution is -2.14. The van der Waals surface area contributed by atoms with E-state index in [-0.39, 0.29) is 16.3 Å². The van der Waals surface area contributed by atoms with Crippen LogP contribution >= 0.6 is 0 Å². The molecule has 6 nitrogen and oxygen atoms in total. The number of anilines is 1. The molecule has 1 aromatic heterocycles. The van der Waals surface area contributed by atoms with Crippen molar-refractivity contribution in [2.24, 2.45) is 5.73 Å². The van der Waals surface area contributed by atoms with Crippen LogP contribution in [0.1, 0.15) is 10.4 Å². The SMILES string of the molecule is CS(=O)(=O)c1ccc2nc(N)c(C(N)=O)cc2c1. The van der Waals surface area contributed by atoms with Gasteiger partial charge in [0.2, 0.25) is 0 Å². The van der Waals surface area contributed by atoms with Crippen molar-refractivity contribution >= 4 is 32.5 Å². The Morgan fingerprint density at radius 1 is 1.28 bits per heavy atom. The van der Waals surface area contributed by atoms with Gasteiger partial charge in [-0.1, -0.05) is 0 Å². The maximum absolute atomic E-state index is 11.4. The predicted molar refractivity (Wildman–Crippen MR) is 67.8 cm³/mol. The molecule has 7 heteroatoms. The molecule has 0 bridgehead atoms. The minimum Gasteiger partial charge on any atom is -0.383 e. The number of amides is 1. The van der Waals surface area contributed by atoms with Gasteiger partial charge < -0.3 is 11.5 Å². The van der Waals surface area contributed by atoms with Crippen LogP contribution < -0.4 is 11.5 Å². The summed E-state index contributed by atoms with van der Waals surface area (Å²) in [7, 11) is -3.31. The number of pyridine rings is 1. The number of carbonyl (C=O) groups is 1. The van der Waals surface area contributed by atoms with E-state index in [2.05, 4.69) is 4.98 Å². The Morgan fingerprint density at radius 2 is 1.94 bits per heavy atom. The lowest BCUT2D eigenvalue weighted by atomic mass is 10.1. The highest BCUT2D eigenvalue weighted by Crippen LogP contribution is 2.21. The van der Waals surface area contributed by atoms with E-state index >= 15 is 0 Å². The molecule has 18 heavy (non-hydrogen) atoms. The zero-order chi connectivity index (χ0) is 13.5. The number of carbonyl (C=O) groups excluding carboxylic acids is 1. The van der Waals surface area contributed by atoms with E-state index in [0.29, 0.717) is 10.9 Å². The average molecular weight is 265 g/mol. The number of benzene rings is 1. The number of primary amides is 1. The molecule has 0 fully saturated rings. The van der Waals surface area contributed by atoms with Crippen molar-refractivity contribution < 1.29 is 13.2 Å². The van der Waals surface area contributed by atoms with E-state index in [1.54, 1.807) is 0 Å². The lowest BCUT2D eigenvalue weighted by molar-refractivity contribution is 0.100. The molecule has 0 aliphatic heterocycles. The van der Waals surface area contributed by atoms with E-state index in [1.165, 1.54) is 24.3 Å². The Labute approximate surface area is 104 Å². The molecular formula is C11H11N3O3S. The van der Waals surface area contributed by atoms with Gasteiger partial charge in [0.15, 0.2) is 9.84 Å². The molecule has 2 rings (SSSR count). The van der Waals surface area contributed by atoms with E-state index in [4.69, 9.17) is 11.5 Å². The zero-order valence-electron chi connectivity index (χ0n) is 9.54. The fraction of sp³-hybridized carbons (Fsp3) is 0.0909. The van der Waals surface area contributed by atoms with Gasteiger partial charge in [-0.15, -0.1) is 0 Å². The second-order valence-electron chi connectivity index (χ2n) is 3.91. The van der Waals surface area contributed by atoms with Crippen LogP contribution in [0.25, 0.3) is 10.9 Å². The van der Waals surface area contributed by atoms with Gasteiger partial charge in [0.05, 0.1) is 16.0 Å². The van der Waals surface area contributed by atoms with Crippen molar-refractivity contribution in [3.63, 3.8) is 0 Å². The third-order valence-electron chi connectivity index (χ3n) is 2.51. The number of nitrogens with zero attached hydrogens (tertiary/aromatic N) is 1. The number of aromatic nitrogens is 1. The molecule has 94 valence electrons. The fourth-order valence-electron chi connectivity index (χ4n) is 1.60. The molecule has 0 radical (unpaired) electrons. The Hall–Kier alpha value is -2.15. The molecule has 1 aromatic carbocycles. The summed E-state index contributed by atoms with van der Waals surface area (Å²) in [6.07, 6.45) is 1.11. The van der Waals surface area contributed by atoms with Crippen LogP contribution in [0.5, 0.6) is 0 Å². The summed E-state index contributed by atoms with van der Waals surface area (Å²) >= 11 is 0. The monoisotopic (exact) mass is 265 g/mol. The minimum atomic E-state index is -3.31. The van der Waals surface area contributed by atoms with Crippen LogP contribution in [-0.4, -0.2) is 25.6 Å². The Kier molecular flexibility index (Phi) is 2.70. The van der Waals surface area contributed by atoms with Gasteiger partial charge in [0.1, 0.15) is 5.82 Å². The van der Waals surface area contributed by atoms with Crippen molar-refractivity contribution in [1.82, 2.24) is 4.98 Å². The second-order valence-corrected chi connectivity index (χ2v) is 5.93. The van der Waals surface area contributed by atoms with Gasteiger partial charge in [-0.05, 0) is 24.3 Å². The molecule has 0 spiro atoms. The number of fused-ring (bicyclic) bond motifs is 1. The summed E-state index contributed by atoms with van der Waals surface area (Å²) in [5, 5.41) is 0.501. The summed E-state index contributed by atoms with van der Waals surface area (Å²) in [4.78, 5) is 15.3. The molecule has 0 saturated carbocycles. The molecule has 0 atom stereocenters. The Morgan fingerprint density at radius 3 is 2.50 bits per heavy atom. The van der Waals surface area contributed by atoms with E-state index in [1.807, 2.05) is 0 Å². The van der Waals surface area contributed by atoms with Crippen molar-refractivity contribution in [3.05, 3.63) is 29.8 Å². The number of hydrogen-bond acceptors (Lipinski definition) is 5. The number of rotatable bonds is 2. The summed E-state index contributed by atoms with van der Waals surface area (Å²) in [6.45, 7) is 0. The van der Waals surface area contributed by atoms with Gasteiger partial charge in [0, 0.05) is 11.6 Å². The topological polar surface area (TPSA) is 116 Å². The summed E-state index contributed by atoms with van der Waals surface area (Å²) in [5.74, 6) is -0.672. The first-order chi connectivity index (χ1) is 8.29. The summed E-state index contributed by atoms with van der Waals surface area (Å²) in [6, 6.07) is 5.85. The van der Waals surface area contributed by atoms with Crippen LogP contribution in [0, 0.1) is 0 Å². The molecule has 2 aromatic rings. The zero-order valence-corrected chi connectivity index (χ0v) is 10.4.